The van der Waals surface area contributed by atoms with Crippen LogP contribution < -0.4 is 10.6 Å². The van der Waals surface area contributed by atoms with Crippen molar-refractivity contribution in [3.05, 3.63) is 62.3 Å². The maximum absolute atomic E-state index is 11.2. The Hall–Kier alpha value is -1.72. The van der Waals surface area contributed by atoms with Crippen LogP contribution in [0.2, 0.25) is 0 Å². The lowest BCUT2D eigenvalue weighted by atomic mass is 10.2. The van der Waals surface area contributed by atoms with Crippen LogP contribution in [0.3, 0.4) is 0 Å². The Morgan fingerprint density at radius 1 is 1.24 bits per heavy atom. The van der Waals surface area contributed by atoms with Crippen LogP contribution in [-0.4, -0.2) is 42.0 Å². The van der Waals surface area contributed by atoms with E-state index >= 15 is 0 Å². The molecule has 0 spiro atoms. The van der Waals surface area contributed by atoms with E-state index < -0.39 is 0 Å². The number of rotatable bonds is 8. The highest BCUT2D eigenvalue weighted by Crippen LogP contribution is 2.27. The number of aliphatic imine (C=N–C) groups is 1. The van der Waals surface area contributed by atoms with E-state index in [1.54, 1.807) is 29.5 Å². The molecule has 29 heavy (non-hydrogen) atoms. The average Bonchev–Trinajstić information content (AvgIpc) is 3.41. The van der Waals surface area contributed by atoms with Gasteiger partial charge in [0.2, 0.25) is 0 Å². The largest absolute Gasteiger partial charge is 0.357 e. The van der Waals surface area contributed by atoms with Crippen LogP contribution in [-0.2, 0) is 6.54 Å². The van der Waals surface area contributed by atoms with Crippen molar-refractivity contribution < 1.29 is 4.92 Å². The highest BCUT2D eigenvalue weighted by molar-refractivity contribution is 14.0. The third-order valence-corrected chi connectivity index (χ3v) is 5.83. The minimum absolute atomic E-state index is 0. The zero-order chi connectivity index (χ0) is 19.8. The predicted octanol–water partition coefficient (Wildman–Crippen LogP) is 4.17. The fourth-order valence-electron chi connectivity index (χ4n) is 3.47. The third kappa shape index (κ3) is 6.65. The number of nitrogens with zero attached hydrogens (tertiary/aromatic N) is 3. The monoisotopic (exact) mass is 529 g/mol. The van der Waals surface area contributed by atoms with Crippen molar-refractivity contribution in [3.8, 4) is 0 Å². The Morgan fingerprint density at radius 2 is 2.00 bits per heavy atom. The summed E-state index contributed by atoms with van der Waals surface area (Å²) in [6.07, 6.45) is 2.49. The summed E-state index contributed by atoms with van der Waals surface area (Å²) in [4.78, 5) is 19.3. The Labute approximate surface area is 192 Å². The van der Waals surface area contributed by atoms with Crippen molar-refractivity contribution >= 4 is 47.0 Å². The van der Waals surface area contributed by atoms with Crippen LogP contribution in [0.15, 0.2) is 46.8 Å². The number of nitrogens with one attached hydrogen (secondary N) is 2. The van der Waals surface area contributed by atoms with Crippen molar-refractivity contribution in [1.82, 2.24) is 15.5 Å². The van der Waals surface area contributed by atoms with E-state index in [-0.39, 0.29) is 41.1 Å². The molecule has 2 N–H and O–H groups in total. The molecule has 2 heterocycles. The first kappa shape index (κ1) is 23.6. The van der Waals surface area contributed by atoms with Gasteiger partial charge >= 0.3 is 0 Å². The number of thiophene rings is 1. The fourth-order valence-corrected chi connectivity index (χ4v) is 4.33. The molecule has 0 amide bonds. The van der Waals surface area contributed by atoms with E-state index in [1.165, 1.54) is 23.8 Å². The molecule has 0 bridgehead atoms. The Balaban J connectivity index is 0.00000300. The maximum Gasteiger partial charge on any atom is 0.274 e. The SMILES string of the molecule is CCNC(=NCc1ccccc1[N+](=O)[O-])NCC(c1cccs1)N1CCCC1.I. The van der Waals surface area contributed by atoms with Crippen molar-refractivity contribution in [2.24, 2.45) is 4.99 Å². The Morgan fingerprint density at radius 3 is 2.66 bits per heavy atom. The lowest BCUT2D eigenvalue weighted by molar-refractivity contribution is -0.385. The van der Waals surface area contributed by atoms with E-state index in [9.17, 15) is 10.1 Å². The smallest absolute Gasteiger partial charge is 0.274 e. The van der Waals surface area contributed by atoms with Crippen LogP contribution in [0.4, 0.5) is 5.69 Å². The number of halogens is 1. The molecular formula is C20H28IN5O2S. The number of likely N-dealkylation sites (tertiary alicyclic amines) is 1. The van der Waals surface area contributed by atoms with Crippen molar-refractivity contribution in [1.29, 1.82) is 0 Å². The van der Waals surface area contributed by atoms with E-state index in [1.807, 2.05) is 6.92 Å². The minimum atomic E-state index is -0.356. The second-order valence-electron chi connectivity index (χ2n) is 6.74. The van der Waals surface area contributed by atoms with E-state index in [2.05, 4.69) is 38.0 Å². The van der Waals surface area contributed by atoms with Crippen LogP contribution in [0.5, 0.6) is 0 Å². The standard InChI is InChI=1S/C20H27N5O2S.HI/c1-2-21-20(22-14-16-8-3-4-9-17(16)25(26)27)23-15-18(19-10-7-13-28-19)24-11-5-6-12-24;/h3-4,7-10,13,18H,2,5-6,11-12,14-15H2,1H3,(H2,21,22,23);1H. The Bertz CT molecular complexity index is 794. The summed E-state index contributed by atoms with van der Waals surface area (Å²) in [5.74, 6) is 0.682. The molecule has 0 radical (unpaired) electrons. The summed E-state index contributed by atoms with van der Waals surface area (Å²) < 4.78 is 0. The fraction of sp³-hybridized carbons (Fsp3) is 0.450. The van der Waals surface area contributed by atoms with Crippen molar-refractivity contribution in [3.63, 3.8) is 0 Å². The summed E-state index contributed by atoms with van der Waals surface area (Å²) in [5.41, 5.74) is 0.717. The number of guanidine groups is 1. The second-order valence-corrected chi connectivity index (χ2v) is 7.72. The molecule has 1 saturated heterocycles. The molecule has 1 fully saturated rings. The zero-order valence-electron chi connectivity index (χ0n) is 16.5. The average molecular weight is 529 g/mol. The summed E-state index contributed by atoms with van der Waals surface area (Å²) >= 11 is 1.78. The van der Waals surface area contributed by atoms with Crippen LogP contribution in [0, 0.1) is 10.1 Å². The van der Waals surface area contributed by atoms with Gasteiger partial charge in [-0.1, -0.05) is 24.3 Å². The molecule has 7 nitrogen and oxygen atoms in total. The van der Waals surface area contributed by atoms with Gasteiger partial charge in [-0.15, -0.1) is 35.3 Å². The van der Waals surface area contributed by atoms with Gasteiger partial charge in [-0.05, 0) is 44.3 Å². The van der Waals surface area contributed by atoms with Gasteiger partial charge in [-0.25, -0.2) is 4.99 Å². The molecule has 1 aromatic heterocycles. The van der Waals surface area contributed by atoms with Gasteiger partial charge in [-0.3, -0.25) is 15.0 Å². The van der Waals surface area contributed by atoms with Gasteiger partial charge in [0.1, 0.15) is 0 Å². The molecule has 0 aliphatic carbocycles. The van der Waals surface area contributed by atoms with E-state index in [0.29, 0.717) is 17.6 Å². The van der Waals surface area contributed by atoms with Gasteiger partial charge in [0.15, 0.2) is 5.96 Å². The first-order valence-electron chi connectivity index (χ1n) is 9.71. The summed E-state index contributed by atoms with van der Waals surface area (Å²) in [5, 5.41) is 20.0. The van der Waals surface area contributed by atoms with Crippen molar-refractivity contribution in [2.45, 2.75) is 32.4 Å². The number of hydrogen-bond acceptors (Lipinski definition) is 5. The summed E-state index contributed by atoms with van der Waals surface area (Å²) in [6, 6.07) is 11.4. The van der Waals surface area contributed by atoms with Crippen LogP contribution >= 0.6 is 35.3 Å². The molecule has 1 unspecified atom stereocenters. The lowest BCUT2D eigenvalue weighted by Gasteiger charge is -2.27. The molecule has 1 aliphatic rings. The molecule has 9 heteroatoms. The molecule has 2 aromatic rings. The molecule has 1 atom stereocenters. The number of para-hydroxylation sites is 1. The van der Waals surface area contributed by atoms with Gasteiger partial charge < -0.3 is 10.6 Å². The van der Waals surface area contributed by atoms with Gasteiger partial charge in [0.05, 0.1) is 23.1 Å². The topological polar surface area (TPSA) is 82.8 Å². The number of hydrogen-bond donors (Lipinski definition) is 2. The summed E-state index contributed by atoms with van der Waals surface area (Å²) in [6.45, 7) is 6.00. The molecule has 1 aromatic carbocycles. The number of nitro benzene ring substituents is 1. The van der Waals surface area contributed by atoms with Crippen molar-refractivity contribution in [2.75, 3.05) is 26.2 Å². The molecule has 3 rings (SSSR count). The predicted molar refractivity (Wildman–Crippen MR) is 129 cm³/mol. The lowest BCUT2D eigenvalue weighted by Crippen LogP contribution is -2.42. The highest BCUT2D eigenvalue weighted by atomic mass is 127. The third-order valence-electron chi connectivity index (χ3n) is 4.86. The summed E-state index contributed by atoms with van der Waals surface area (Å²) in [7, 11) is 0. The molecule has 1 aliphatic heterocycles. The second kappa shape index (κ2) is 12.1. The molecule has 0 saturated carbocycles. The van der Waals surface area contributed by atoms with E-state index in [4.69, 9.17) is 0 Å². The number of nitro groups is 1. The van der Waals surface area contributed by atoms with Gasteiger partial charge in [0, 0.05) is 24.0 Å². The quantitative estimate of drug-likeness (QED) is 0.176. The van der Waals surface area contributed by atoms with Crippen LogP contribution in [0.25, 0.3) is 0 Å². The van der Waals surface area contributed by atoms with Gasteiger partial charge in [0.25, 0.3) is 5.69 Å². The first-order chi connectivity index (χ1) is 13.7. The maximum atomic E-state index is 11.2. The minimum Gasteiger partial charge on any atom is -0.357 e. The van der Waals surface area contributed by atoms with Crippen LogP contribution in [0.1, 0.15) is 36.2 Å². The molecular weight excluding hydrogens is 501 g/mol. The number of benzene rings is 1. The van der Waals surface area contributed by atoms with Gasteiger partial charge in [-0.2, -0.15) is 0 Å². The first-order valence-corrected chi connectivity index (χ1v) is 10.6. The Kier molecular flexibility index (Phi) is 9.82. The highest BCUT2D eigenvalue weighted by Gasteiger charge is 2.24. The normalized spacial score (nSPS) is 15.6. The molecule has 158 valence electrons. The zero-order valence-corrected chi connectivity index (χ0v) is 19.7. The van der Waals surface area contributed by atoms with E-state index in [0.717, 1.165) is 26.2 Å².